The molecule has 0 unspecified atom stereocenters. The Morgan fingerprint density at radius 3 is 2.40 bits per heavy atom. The SMILES string of the molecule is CN(CCS(=O)(=O)O)C(=O)CCCCCCC(=O)OCCCc1cc(F)c2ncc(C(=O)NCc3ccc(Cl)cc3)c(O)c2c1. The van der Waals surface area contributed by atoms with E-state index in [2.05, 4.69) is 10.3 Å². The molecule has 3 aromatic rings. The van der Waals surface area contributed by atoms with Gasteiger partial charge in [-0.1, -0.05) is 36.6 Å². The quantitative estimate of drug-likeness (QED) is 0.104. The first-order chi connectivity index (χ1) is 21.3. The Morgan fingerprint density at radius 2 is 1.71 bits per heavy atom. The van der Waals surface area contributed by atoms with Crippen molar-refractivity contribution >= 4 is 50.4 Å². The number of amides is 2. The van der Waals surface area contributed by atoms with E-state index in [1.165, 1.54) is 18.0 Å². The summed E-state index contributed by atoms with van der Waals surface area (Å²) >= 11 is 5.88. The lowest BCUT2D eigenvalue weighted by atomic mass is 10.0. The molecule has 45 heavy (non-hydrogen) atoms. The summed E-state index contributed by atoms with van der Waals surface area (Å²) in [5.41, 5.74) is 1.20. The van der Waals surface area contributed by atoms with Crippen LogP contribution in [0.15, 0.2) is 42.6 Å². The average Bonchev–Trinajstić information content (AvgIpc) is 2.99. The molecule has 3 N–H and O–H groups in total. The minimum absolute atomic E-state index is 0.0644. The van der Waals surface area contributed by atoms with Gasteiger partial charge < -0.3 is 20.1 Å². The van der Waals surface area contributed by atoms with Crippen LogP contribution in [0, 0.1) is 5.82 Å². The van der Waals surface area contributed by atoms with Crippen molar-refractivity contribution in [3.63, 3.8) is 0 Å². The Labute approximate surface area is 266 Å². The van der Waals surface area contributed by atoms with Gasteiger partial charge in [0.15, 0.2) is 0 Å². The first-order valence-electron chi connectivity index (χ1n) is 14.5. The van der Waals surface area contributed by atoms with Crippen LogP contribution < -0.4 is 5.32 Å². The molecule has 0 saturated carbocycles. The fourth-order valence-corrected chi connectivity index (χ4v) is 5.12. The van der Waals surface area contributed by atoms with Gasteiger partial charge in [0.25, 0.3) is 16.0 Å². The molecule has 0 bridgehead atoms. The van der Waals surface area contributed by atoms with Crippen LogP contribution in [0.2, 0.25) is 5.02 Å². The number of rotatable bonds is 17. The summed E-state index contributed by atoms with van der Waals surface area (Å²) in [5.74, 6) is -2.68. The summed E-state index contributed by atoms with van der Waals surface area (Å²) in [5, 5.41) is 14.2. The first-order valence-corrected chi connectivity index (χ1v) is 16.5. The number of aromatic hydroxyl groups is 1. The molecule has 1 heterocycles. The van der Waals surface area contributed by atoms with Crippen LogP contribution in [-0.4, -0.2) is 71.7 Å². The summed E-state index contributed by atoms with van der Waals surface area (Å²) in [6, 6.07) is 9.78. The highest BCUT2D eigenvalue weighted by Gasteiger charge is 2.18. The fraction of sp³-hybridized carbons (Fsp3) is 0.419. The van der Waals surface area contributed by atoms with Gasteiger partial charge in [0.05, 0.1) is 12.4 Å². The fourth-order valence-electron chi connectivity index (χ4n) is 4.49. The number of nitrogens with zero attached hydrogens (tertiary/aromatic N) is 2. The van der Waals surface area contributed by atoms with Gasteiger partial charge in [-0.05, 0) is 61.1 Å². The number of nitrogens with one attached hydrogen (secondary N) is 1. The third-order valence-electron chi connectivity index (χ3n) is 7.07. The van der Waals surface area contributed by atoms with Crippen molar-refractivity contribution in [1.29, 1.82) is 0 Å². The molecule has 0 atom stereocenters. The van der Waals surface area contributed by atoms with Gasteiger partial charge in [-0.2, -0.15) is 8.42 Å². The number of aryl methyl sites for hydroxylation is 1. The molecular weight excluding hydrogens is 629 g/mol. The van der Waals surface area contributed by atoms with Gasteiger partial charge >= 0.3 is 5.97 Å². The molecule has 0 aliphatic rings. The molecule has 2 amide bonds. The number of benzene rings is 2. The number of pyridine rings is 1. The number of esters is 1. The summed E-state index contributed by atoms with van der Waals surface area (Å²) in [7, 11) is -2.64. The van der Waals surface area contributed by atoms with Crippen LogP contribution >= 0.6 is 11.6 Å². The van der Waals surface area contributed by atoms with Crippen molar-refractivity contribution in [2.45, 2.75) is 57.9 Å². The molecule has 244 valence electrons. The summed E-state index contributed by atoms with van der Waals surface area (Å²) in [4.78, 5) is 42.1. The molecule has 14 heteroatoms. The lowest BCUT2D eigenvalue weighted by Gasteiger charge is -2.16. The van der Waals surface area contributed by atoms with Crippen LogP contribution in [0.1, 0.15) is 66.4 Å². The molecule has 1 aromatic heterocycles. The van der Waals surface area contributed by atoms with E-state index in [0.717, 1.165) is 11.8 Å². The van der Waals surface area contributed by atoms with Crippen molar-refractivity contribution in [1.82, 2.24) is 15.2 Å². The highest BCUT2D eigenvalue weighted by atomic mass is 35.5. The number of hydrogen-bond donors (Lipinski definition) is 3. The van der Waals surface area contributed by atoms with Crippen molar-refractivity contribution in [3.8, 4) is 5.75 Å². The Morgan fingerprint density at radius 1 is 1.02 bits per heavy atom. The monoisotopic (exact) mass is 665 g/mol. The van der Waals surface area contributed by atoms with Crippen LogP contribution in [0.5, 0.6) is 5.75 Å². The highest BCUT2D eigenvalue weighted by molar-refractivity contribution is 7.85. The summed E-state index contributed by atoms with van der Waals surface area (Å²) in [6.07, 6.45) is 4.98. The van der Waals surface area contributed by atoms with Crippen LogP contribution in [0.25, 0.3) is 10.9 Å². The maximum Gasteiger partial charge on any atom is 0.305 e. The van der Waals surface area contributed by atoms with E-state index in [9.17, 15) is 32.3 Å². The van der Waals surface area contributed by atoms with Crippen LogP contribution in [0.3, 0.4) is 0 Å². The summed E-state index contributed by atoms with van der Waals surface area (Å²) < 4.78 is 50.4. The predicted molar refractivity (Wildman–Crippen MR) is 167 cm³/mol. The van der Waals surface area contributed by atoms with E-state index in [4.69, 9.17) is 20.9 Å². The number of carbonyl (C=O) groups excluding carboxylic acids is 3. The smallest absolute Gasteiger partial charge is 0.305 e. The maximum absolute atomic E-state index is 14.8. The Bertz CT molecular complexity index is 1600. The highest BCUT2D eigenvalue weighted by Crippen LogP contribution is 2.30. The van der Waals surface area contributed by atoms with Crippen molar-refractivity contribution in [2.75, 3.05) is 26.0 Å². The standard InChI is InChI=1S/C31H37ClFN3O8S/c1-36(14-16-45(41,42)43)27(37)8-4-2-3-5-9-28(38)44-15-6-7-22-17-24-29(26(33)18-22)34-20-25(30(24)39)31(40)35-19-21-10-12-23(32)13-11-21/h10-13,17-18,20H,2-9,14-16,19H2,1H3,(H,34,39)(H,35,40)(H,41,42,43). The molecule has 0 aliphatic carbocycles. The van der Waals surface area contributed by atoms with Gasteiger partial charge in [-0.3, -0.25) is 23.9 Å². The number of carbonyl (C=O) groups is 3. The molecule has 11 nitrogen and oxygen atoms in total. The minimum Gasteiger partial charge on any atom is -0.506 e. The Balaban J connectivity index is 1.38. The number of hydrogen-bond acceptors (Lipinski definition) is 8. The topological polar surface area (TPSA) is 163 Å². The van der Waals surface area contributed by atoms with E-state index in [-0.39, 0.29) is 66.6 Å². The maximum atomic E-state index is 14.8. The second-order valence-electron chi connectivity index (χ2n) is 10.6. The second-order valence-corrected chi connectivity index (χ2v) is 12.7. The molecule has 0 fully saturated rings. The first kappa shape index (κ1) is 35.7. The lowest BCUT2D eigenvalue weighted by Crippen LogP contribution is -2.31. The van der Waals surface area contributed by atoms with Crippen LogP contribution in [0.4, 0.5) is 4.39 Å². The zero-order chi connectivity index (χ0) is 33.0. The van der Waals surface area contributed by atoms with Gasteiger partial charge in [0.1, 0.15) is 22.6 Å². The van der Waals surface area contributed by atoms with E-state index in [1.54, 1.807) is 30.3 Å². The zero-order valence-electron chi connectivity index (χ0n) is 24.9. The number of ether oxygens (including phenoxy) is 1. The van der Waals surface area contributed by atoms with E-state index < -0.39 is 27.6 Å². The number of aromatic nitrogens is 1. The molecule has 0 saturated heterocycles. The normalized spacial score (nSPS) is 11.4. The molecule has 0 aliphatic heterocycles. The Kier molecular flexibility index (Phi) is 13.5. The van der Waals surface area contributed by atoms with Crippen molar-refractivity contribution in [3.05, 3.63) is 70.1 Å². The number of unbranched alkanes of at least 4 members (excludes halogenated alkanes) is 3. The average molecular weight is 666 g/mol. The summed E-state index contributed by atoms with van der Waals surface area (Å²) in [6.45, 7) is 0.245. The van der Waals surface area contributed by atoms with Crippen LogP contribution in [-0.2, 0) is 37.4 Å². The Hall–Kier alpha value is -3.81. The molecule has 3 rings (SSSR count). The van der Waals surface area contributed by atoms with Crippen molar-refractivity contribution in [2.24, 2.45) is 0 Å². The second kappa shape index (κ2) is 17.0. The van der Waals surface area contributed by atoms with E-state index in [0.29, 0.717) is 49.1 Å². The predicted octanol–water partition coefficient (Wildman–Crippen LogP) is 4.83. The van der Waals surface area contributed by atoms with E-state index in [1.807, 2.05) is 0 Å². The molecular formula is C31H37ClFN3O8S. The van der Waals surface area contributed by atoms with Gasteiger partial charge in [0, 0.05) is 49.6 Å². The van der Waals surface area contributed by atoms with Gasteiger partial charge in [-0.15, -0.1) is 0 Å². The van der Waals surface area contributed by atoms with E-state index >= 15 is 0 Å². The molecule has 0 radical (unpaired) electrons. The molecule has 0 spiro atoms. The third kappa shape index (κ3) is 11.9. The number of fused-ring (bicyclic) bond motifs is 1. The minimum atomic E-state index is -4.12. The largest absolute Gasteiger partial charge is 0.506 e. The van der Waals surface area contributed by atoms with Gasteiger partial charge in [-0.25, -0.2) is 4.39 Å². The lowest BCUT2D eigenvalue weighted by molar-refractivity contribution is -0.143. The van der Waals surface area contributed by atoms with Gasteiger partial charge in [0.2, 0.25) is 5.91 Å². The van der Waals surface area contributed by atoms with Crippen molar-refractivity contribution < 1.29 is 41.6 Å². The molecule has 2 aromatic carbocycles. The third-order valence-corrected chi connectivity index (χ3v) is 8.02. The number of halogens is 2. The zero-order valence-corrected chi connectivity index (χ0v) is 26.5.